The first-order chi connectivity index (χ1) is 18.7. The third-order valence-electron chi connectivity index (χ3n) is 8.97. The predicted octanol–water partition coefficient (Wildman–Crippen LogP) is 4.43. The molecule has 2 aromatic rings. The van der Waals surface area contributed by atoms with Gasteiger partial charge in [-0.25, -0.2) is 0 Å². The van der Waals surface area contributed by atoms with Crippen molar-refractivity contribution in [1.82, 2.24) is 25.7 Å². The van der Waals surface area contributed by atoms with Crippen molar-refractivity contribution >= 4 is 11.8 Å². The number of aromatic nitrogens is 2. The predicted molar refractivity (Wildman–Crippen MR) is 139 cm³/mol. The van der Waals surface area contributed by atoms with Crippen LogP contribution in [0.1, 0.15) is 83.4 Å². The Labute approximate surface area is 225 Å². The van der Waals surface area contributed by atoms with E-state index in [2.05, 4.69) is 33.5 Å². The molecular formula is C29H34F3N5O2. The second-order valence-electron chi connectivity index (χ2n) is 11.6. The van der Waals surface area contributed by atoms with Gasteiger partial charge < -0.3 is 15.5 Å². The van der Waals surface area contributed by atoms with Gasteiger partial charge in [-0.15, -0.1) is 0 Å². The Hall–Kier alpha value is -3.14. The van der Waals surface area contributed by atoms with E-state index in [1.807, 2.05) is 12.1 Å². The Morgan fingerprint density at radius 1 is 1.10 bits per heavy atom. The van der Waals surface area contributed by atoms with E-state index in [0.717, 1.165) is 37.7 Å². The fourth-order valence-electron chi connectivity index (χ4n) is 6.99. The van der Waals surface area contributed by atoms with Crippen LogP contribution in [0.25, 0.3) is 0 Å². The number of carbonyl (C=O) groups is 2. The summed E-state index contributed by atoms with van der Waals surface area (Å²) in [5.41, 5.74) is 3.66. The van der Waals surface area contributed by atoms with Crippen molar-refractivity contribution < 1.29 is 22.8 Å². The van der Waals surface area contributed by atoms with Gasteiger partial charge >= 0.3 is 6.18 Å². The van der Waals surface area contributed by atoms with Crippen LogP contribution in [0.4, 0.5) is 13.2 Å². The molecule has 4 atom stereocenters. The molecule has 2 aliphatic carbocycles. The third-order valence-corrected chi connectivity index (χ3v) is 8.97. The van der Waals surface area contributed by atoms with E-state index < -0.39 is 17.9 Å². The maximum Gasteiger partial charge on any atom is 0.435 e. The Balaban J connectivity index is 1.11. The van der Waals surface area contributed by atoms with Crippen molar-refractivity contribution in [2.75, 3.05) is 0 Å². The molecule has 2 unspecified atom stereocenters. The molecular weight excluding hydrogens is 507 g/mol. The lowest BCUT2D eigenvalue weighted by Gasteiger charge is -2.36. The smallest absolute Gasteiger partial charge is 0.329 e. The molecule has 1 saturated heterocycles. The molecule has 0 radical (unpaired) electrons. The minimum Gasteiger partial charge on any atom is -0.329 e. The summed E-state index contributed by atoms with van der Waals surface area (Å²) in [6, 6.07) is 5.99. The molecule has 208 valence electrons. The van der Waals surface area contributed by atoms with E-state index in [0.29, 0.717) is 73.1 Å². The number of H-pyrrole nitrogens is 1. The zero-order valence-electron chi connectivity index (χ0n) is 21.9. The SMILES string of the molecule is C=C1CCC(N2Cc3cc(C[C@H]4CCCC[C@@H]4NC4CCc5c(C(F)(F)F)n[nH]c5C4)ccc3C2=O)C(=O)N1. The molecule has 1 saturated carbocycles. The Kier molecular flexibility index (Phi) is 6.77. The number of hydrogen-bond acceptors (Lipinski definition) is 4. The van der Waals surface area contributed by atoms with E-state index in [4.69, 9.17) is 0 Å². The molecule has 39 heavy (non-hydrogen) atoms. The molecule has 1 aromatic heterocycles. The molecule has 0 bridgehead atoms. The van der Waals surface area contributed by atoms with Crippen LogP contribution in [0.3, 0.4) is 0 Å². The summed E-state index contributed by atoms with van der Waals surface area (Å²) in [6.07, 6.45) is 3.71. The number of amides is 2. The molecule has 2 amide bonds. The molecule has 4 aliphatic rings. The van der Waals surface area contributed by atoms with E-state index in [1.54, 1.807) is 4.90 Å². The second-order valence-corrected chi connectivity index (χ2v) is 11.6. The molecule has 3 N–H and O–H groups in total. The topological polar surface area (TPSA) is 90.1 Å². The number of carbonyl (C=O) groups excluding carboxylic acids is 2. The fraction of sp³-hybridized carbons (Fsp3) is 0.552. The average Bonchev–Trinajstić information content (AvgIpc) is 3.46. The highest BCUT2D eigenvalue weighted by molar-refractivity contribution is 6.01. The van der Waals surface area contributed by atoms with Gasteiger partial charge in [0.15, 0.2) is 5.69 Å². The lowest BCUT2D eigenvalue weighted by molar-refractivity contribution is -0.141. The minimum absolute atomic E-state index is 0.0921. The van der Waals surface area contributed by atoms with Crippen LogP contribution < -0.4 is 10.6 Å². The summed E-state index contributed by atoms with van der Waals surface area (Å²) in [6.45, 7) is 4.27. The number of fused-ring (bicyclic) bond motifs is 2. The van der Waals surface area contributed by atoms with Gasteiger partial charge in [0.2, 0.25) is 5.91 Å². The molecule has 1 aromatic carbocycles. The highest BCUT2D eigenvalue weighted by Crippen LogP contribution is 2.36. The Morgan fingerprint density at radius 3 is 2.72 bits per heavy atom. The number of halogens is 3. The average molecular weight is 542 g/mol. The minimum atomic E-state index is -4.42. The molecule has 3 heterocycles. The molecule has 10 heteroatoms. The van der Waals surface area contributed by atoms with Crippen LogP contribution in [0, 0.1) is 5.92 Å². The summed E-state index contributed by atoms with van der Waals surface area (Å²) >= 11 is 0. The number of alkyl halides is 3. The van der Waals surface area contributed by atoms with Crippen molar-refractivity contribution in [2.45, 2.75) is 95.1 Å². The van der Waals surface area contributed by atoms with Crippen LogP contribution in [-0.2, 0) is 36.8 Å². The lowest BCUT2D eigenvalue weighted by Crippen LogP contribution is -2.49. The van der Waals surface area contributed by atoms with Gasteiger partial charge in [0.25, 0.3) is 5.91 Å². The number of aromatic amines is 1. The highest BCUT2D eigenvalue weighted by Gasteiger charge is 2.40. The summed E-state index contributed by atoms with van der Waals surface area (Å²) < 4.78 is 39.7. The molecule has 0 spiro atoms. The first kappa shape index (κ1) is 26.1. The maximum atomic E-state index is 13.2. The van der Waals surface area contributed by atoms with Crippen molar-refractivity contribution in [2.24, 2.45) is 5.92 Å². The number of hydrogen-bond donors (Lipinski definition) is 3. The van der Waals surface area contributed by atoms with E-state index in [-0.39, 0.29) is 17.9 Å². The van der Waals surface area contributed by atoms with Gasteiger partial charge in [-0.05, 0) is 68.1 Å². The van der Waals surface area contributed by atoms with Gasteiger partial charge in [-0.1, -0.05) is 31.6 Å². The fourth-order valence-corrected chi connectivity index (χ4v) is 6.99. The molecule has 7 nitrogen and oxygen atoms in total. The van der Waals surface area contributed by atoms with Crippen molar-refractivity contribution in [3.63, 3.8) is 0 Å². The third kappa shape index (κ3) is 5.11. The monoisotopic (exact) mass is 541 g/mol. The first-order valence-corrected chi connectivity index (χ1v) is 14.0. The van der Waals surface area contributed by atoms with Crippen LogP contribution in [-0.4, -0.2) is 45.0 Å². The molecule has 2 aliphatic heterocycles. The number of piperidine rings is 1. The zero-order valence-corrected chi connectivity index (χ0v) is 21.9. The van der Waals surface area contributed by atoms with Crippen LogP contribution in [0.2, 0.25) is 0 Å². The normalized spacial score (nSPS) is 27.4. The summed E-state index contributed by atoms with van der Waals surface area (Å²) in [4.78, 5) is 27.3. The number of nitrogens with one attached hydrogen (secondary N) is 3. The van der Waals surface area contributed by atoms with Crippen molar-refractivity contribution in [3.8, 4) is 0 Å². The van der Waals surface area contributed by atoms with Gasteiger partial charge in [0.05, 0.1) is 0 Å². The zero-order chi connectivity index (χ0) is 27.3. The number of rotatable bonds is 5. The van der Waals surface area contributed by atoms with Gasteiger partial charge in [-0.2, -0.15) is 18.3 Å². The van der Waals surface area contributed by atoms with Crippen LogP contribution >= 0.6 is 0 Å². The maximum absolute atomic E-state index is 13.2. The van der Waals surface area contributed by atoms with Crippen molar-refractivity contribution in [1.29, 1.82) is 0 Å². The summed E-state index contributed by atoms with van der Waals surface area (Å²) in [5.74, 6) is 0.156. The number of nitrogens with zero attached hydrogens (tertiary/aromatic N) is 2. The van der Waals surface area contributed by atoms with E-state index in [1.165, 1.54) is 5.56 Å². The van der Waals surface area contributed by atoms with Gasteiger partial charge in [-0.3, -0.25) is 14.7 Å². The Bertz CT molecular complexity index is 1300. The lowest BCUT2D eigenvalue weighted by atomic mass is 9.79. The largest absolute Gasteiger partial charge is 0.435 e. The van der Waals surface area contributed by atoms with E-state index >= 15 is 0 Å². The standard InChI is InChI=1S/C29H34F3N5O2/c1-16-6-11-25(27(38)33-16)37-15-19-13-17(7-9-21(19)28(37)39)12-18-4-2-3-5-23(18)34-20-8-10-22-24(14-20)35-36-26(22)29(30,31)32/h7,9,13,18,20,23,25,34H,1-6,8,10-12,14-15H2,(H,33,38)(H,35,36)/t18-,20?,23+,25?/m1/s1. The van der Waals surface area contributed by atoms with Crippen LogP contribution in [0.5, 0.6) is 0 Å². The number of benzene rings is 1. The summed E-state index contributed by atoms with van der Waals surface area (Å²) in [7, 11) is 0. The second kappa shape index (κ2) is 10.1. The quantitative estimate of drug-likeness (QED) is 0.523. The van der Waals surface area contributed by atoms with Gasteiger partial charge in [0.1, 0.15) is 6.04 Å². The summed E-state index contributed by atoms with van der Waals surface area (Å²) in [5, 5.41) is 12.8. The number of allylic oxidation sites excluding steroid dienone is 1. The van der Waals surface area contributed by atoms with Gasteiger partial charge in [0, 0.05) is 47.6 Å². The molecule has 2 fully saturated rings. The first-order valence-electron chi connectivity index (χ1n) is 14.0. The Morgan fingerprint density at radius 2 is 1.92 bits per heavy atom. The van der Waals surface area contributed by atoms with Crippen LogP contribution in [0.15, 0.2) is 30.5 Å². The van der Waals surface area contributed by atoms with Crippen molar-refractivity contribution in [3.05, 3.63) is 64.1 Å². The van der Waals surface area contributed by atoms with E-state index in [9.17, 15) is 22.8 Å². The molecule has 6 rings (SSSR count). The highest BCUT2D eigenvalue weighted by atomic mass is 19.4.